The van der Waals surface area contributed by atoms with Gasteiger partial charge in [0.1, 0.15) is 5.82 Å². The number of alkyl halides is 1. The van der Waals surface area contributed by atoms with E-state index in [4.69, 9.17) is 16.3 Å². The molecule has 4 nitrogen and oxygen atoms in total. The van der Waals surface area contributed by atoms with Gasteiger partial charge < -0.3 is 10.1 Å². The number of hydrogen-bond donors (Lipinski definition) is 1. The molecule has 0 aliphatic rings. The lowest BCUT2D eigenvalue weighted by Gasteiger charge is -2.08. The third-order valence-electron chi connectivity index (χ3n) is 2.03. The van der Waals surface area contributed by atoms with Gasteiger partial charge >= 0.3 is 0 Å². The van der Waals surface area contributed by atoms with Crippen molar-refractivity contribution >= 4 is 17.4 Å². The van der Waals surface area contributed by atoms with Crippen molar-refractivity contribution in [3.05, 3.63) is 12.4 Å². The van der Waals surface area contributed by atoms with Crippen LogP contribution in [0, 0.1) is 0 Å². The second kappa shape index (κ2) is 6.45. The molecule has 0 aliphatic carbocycles. The van der Waals surface area contributed by atoms with Gasteiger partial charge in [-0.15, -0.1) is 11.6 Å². The molecule has 0 bridgehead atoms. The summed E-state index contributed by atoms with van der Waals surface area (Å²) in [4.78, 5) is 8.17. The Hall–Kier alpha value is -1.03. The van der Waals surface area contributed by atoms with Crippen molar-refractivity contribution in [2.45, 2.75) is 25.1 Å². The van der Waals surface area contributed by atoms with Gasteiger partial charge in [0.25, 0.3) is 0 Å². The Bertz CT molecular complexity index is 296. The molecule has 0 fully saturated rings. The highest BCUT2D eigenvalue weighted by atomic mass is 35.5. The Balaban J connectivity index is 2.37. The SMILES string of the molecule is CCC(Cl)CCNc1cncc(OC)n1. The second-order valence-electron chi connectivity index (χ2n) is 3.17. The zero-order valence-corrected chi connectivity index (χ0v) is 9.79. The molecule has 0 saturated carbocycles. The lowest BCUT2D eigenvalue weighted by Crippen LogP contribution is -2.09. The van der Waals surface area contributed by atoms with Crippen molar-refractivity contribution in [3.63, 3.8) is 0 Å². The fraction of sp³-hybridized carbons (Fsp3) is 0.600. The van der Waals surface area contributed by atoms with Crippen LogP contribution in [0.5, 0.6) is 5.88 Å². The summed E-state index contributed by atoms with van der Waals surface area (Å²) >= 11 is 5.99. The average Bonchev–Trinajstić information content (AvgIpc) is 2.29. The molecule has 0 radical (unpaired) electrons. The third-order valence-corrected chi connectivity index (χ3v) is 2.56. The normalized spacial score (nSPS) is 12.2. The van der Waals surface area contributed by atoms with Gasteiger partial charge in [0.2, 0.25) is 5.88 Å². The summed E-state index contributed by atoms with van der Waals surface area (Å²) in [7, 11) is 1.57. The van der Waals surface area contributed by atoms with Crippen LogP contribution in [0.3, 0.4) is 0 Å². The van der Waals surface area contributed by atoms with Crippen molar-refractivity contribution in [2.24, 2.45) is 0 Å². The molecule has 0 aromatic carbocycles. The predicted molar refractivity (Wildman–Crippen MR) is 61.6 cm³/mol. The largest absolute Gasteiger partial charge is 0.480 e. The Morgan fingerprint density at radius 1 is 1.53 bits per heavy atom. The third kappa shape index (κ3) is 4.34. The first-order chi connectivity index (χ1) is 7.26. The number of rotatable bonds is 6. The molecular weight excluding hydrogens is 214 g/mol. The van der Waals surface area contributed by atoms with Gasteiger partial charge in [0.15, 0.2) is 0 Å². The standard InChI is InChI=1S/C10H16ClN3O/c1-3-8(11)4-5-13-9-6-12-7-10(14-9)15-2/h6-8H,3-5H2,1-2H3,(H,13,14). The van der Waals surface area contributed by atoms with Gasteiger partial charge in [-0.25, -0.2) is 0 Å². The first-order valence-electron chi connectivity index (χ1n) is 5.00. The summed E-state index contributed by atoms with van der Waals surface area (Å²) in [5.74, 6) is 1.23. The maximum Gasteiger partial charge on any atom is 0.233 e. The summed E-state index contributed by atoms with van der Waals surface area (Å²) < 4.78 is 4.96. The quantitative estimate of drug-likeness (QED) is 0.761. The monoisotopic (exact) mass is 229 g/mol. The fourth-order valence-corrected chi connectivity index (χ4v) is 1.20. The van der Waals surface area contributed by atoms with E-state index in [9.17, 15) is 0 Å². The number of halogens is 1. The lowest BCUT2D eigenvalue weighted by molar-refractivity contribution is 0.396. The van der Waals surface area contributed by atoms with Crippen LogP contribution in [-0.2, 0) is 0 Å². The van der Waals surface area contributed by atoms with Crippen LogP contribution in [0.2, 0.25) is 0 Å². The van der Waals surface area contributed by atoms with Gasteiger partial charge in [-0.2, -0.15) is 4.98 Å². The van der Waals surface area contributed by atoms with E-state index in [0.29, 0.717) is 11.7 Å². The van der Waals surface area contributed by atoms with Gasteiger partial charge in [-0.1, -0.05) is 6.92 Å². The molecule has 1 heterocycles. The molecular formula is C10H16ClN3O. The maximum absolute atomic E-state index is 5.99. The Morgan fingerprint density at radius 3 is 3.00 bits per heavy atom. The Labute approximate surface area is 95.0 Å². The van der Waals surface area contributed by atoms with Gasteiger partial charge in [0.05, 0.1) is 19.5 Å². The number of ether oxygens (including phenoxy) is 1. The van der Waals surface area contributed by atoms with Crippen LogP contribution in [0.15, 0.2) is 12.4 Å². The molecule has 5 heteroatoms. The van der Waals surface area contributed by atoms with E-state index in [1.165, 1.54) is 0 Å². The van der Waals surface area contributed by atoms with Crippen molar-refractivity contribution in [1.82, 2.24) is 9.97 Å². The molecule has 1 unspecified atom stereocenters. The minimum atomic E-state index is 0.219. The van der Waals surface area contributed by atoms with Gasteiger partial charge in [-0.05, 0) is 12.8 Å². The Morgan fingerprint density at radius 2 is 2.33 bits per heavy atom. The number of aromatic nitrogens is 2. The van der Waals surface area contributed by atoms with Crippen molar-refractivity contribution < 1.29 is 4.74 Å². The van der Waals surface area contributed by atoms with Crippen molar-refractivity contribution in [3.8, 4) is 5.88 Å². The minimum Gasteiger partial charge on any atom is -0.480 e. The van der Waals surface area contributed by atoms with Crippen LogP contribution >= 0.6 is 11.6 Å². The number of anilines is 1. The van der Waals surface area contributed by atoms with E-state index in [0.717, 1.165) is 19.4 Å². The Kier molecular flexibility index (Phi) is 5.18. The van der Waals surface area contributed by atoms with Crippen molar-refractivity contribution in [2.75, 3.05) is 19.0 Å². The summed E-state index contributed by atoms with van der Waals surface area (Å²) in [5, 5.41) is 3.37. The molecule has 1 N–H and O–H groups in total. The number of methoxy groups -OCH3 is 1. The number of nitrogens with one attached hydrogen (secondary N) is 1. The van der Waals surface area contributed by atoms with E-state index in [2.05, 4.69) is 22.2 Å². The van der Waals surface area contributed by atoms with E-state index >= 15 is 0 Å². The highest BCUT2D eigenvalue weighted by Crippen LogP contribution is 2.10. The van der Waals surface area contributed by atoms with E-state index in [1.807, 2.05) is 0 Å². The van der Waals surface area contributed by atoms with Crippen LogP contribution < -0.4 is 10.1 Å². The van der Waals surface area contributed by atoms with Gasteiger partial charge in [0, 0.05) is 11.9 Å². The molecule has 0 amide bonds. The van der Waals surface area contributed by atoms with Crippen LogP contribution in [0.4, 0.5) is 5.82 Å². The zero-order valence-electron chi connectivity index (χ0n) is 9.03. The molecule has 0 spiro atoms. The highest BCUT2D eigenvalue weighted by molar-refractivity contribution is 6.20. The molecule has 15 heavy (non-hydrogen) atoms. The van der Waals surface area contributed by atoms with Crippen LogP contribution in [0.25, 0.3) is 0 Å². The topological polar surface area (TPSA) is 47.0 Å². The maximum atomic E-state index is 5.99. The second-order valence-corrected chi connectivity index (χ2v) is 3.78. The number of nitrogens with zero attached hydrogens (tertiary/aromatic N) is 2. The number of hydrogen-bond acceptors (Lipinski definition) is 4. The summed E-state index contributed by atoms with van der Waals surface area (Å²) in [6, 6.07) is 0. The molecule has 84 valence electrons. The molecule has 1 aromatic heterocycles. The van der Waals surface area contributed by atoms with Gasteiger partial charge in [-0.3, -0.25) is 4.98 Å². The summed E-state index contributed by atoms with van der Waals surface area (Å²) in [5.41, 5.74) is 0. The van der Waals surface area contributed by atoms with E-state index in [1.54, 1.807) is 19.5 Å². The van der Waals surface area contributed by atoms with E-state index in [-0.39, 0.29) is 5.38 Å². The smallest absolute Gasteiger partial charge is 0.233 e. The lowest BCUT2D eigenvalue weighted by atomic mass is 10.2. The molecule has 1 aromatic rings. The highest BCUT2D eigenvalue weighted by Gasteiger charge is 2.01. The predicted octanol–water partition coefficient (Wildman–Crippen LogP) is 2.30. The van der Waals surface area contributed by atoms with Crippen LogP contribution in [-0.4, -0.2) is 29.0 Å². The van der Waals surface area contributed by atoms with Crippen molar-refractivity contribution in [1.29, 1.82) is 0 Å². The zero-order chi connectivity index (χ0) is 11.1. The first kappa shape index (κ1) is 12.0. The molecule has 1 rings (SSSR count). The fourth-order valence-electron chi connectivity index (χ4n) is 1.09. The minimum absolute atomic E-state index is 0.219. The average molecular weight is 230 g/mol. The molecule has 0 aliphatic heterocycles. The molecule has 0 saturated heterocycles. The van der Waals surface area contributed by atoms with E-state index < -0.39 is 0 Å². The van der Waals surface area contributed by atoms with Crippen LogP contribution in [0.1, 0.15) is 19.8 Å². The summed E-state index contributed by atoms with van der Waals surface area (Å²) in [6.07, 6.45) is 5.13. The first-order valence-corrected chi connectivity index (χ1v) is 5.44. The molecule has 1 atom stereocenters. The summed E-state index contributed by atoms with van der Waals surface area (Å²) in [6.45, 7) is 2.87.